The van der Waals surface area contributed by atoms with Crippen LogP contribution in [0.25, 0.3) is 0 Å². The number of halogens is 1. The normalized spacial score (nSPS) is 18.2. The number of nitrogens with one attached hydrogen (secondary N) is 1. The lowest BCUT2D eigenvalue weighted by Gasteiger charge is -2.16. The quantitative estimate of drug-likeness (QED) is 0.630. The summed E-state index contributed by atoms with van der Waals surface area (Å²) in [5.41, 5.74) is 1.01. The average molecular weight is 486 g/mol. The Kier molecular flexibility index (Phi) is 6.42. The molecule has 1 aliphatic heterocycles. The molecule has 0 aliphatic carbocycles. The maximum atomic E-state index is 12.4. The third kappa shape index (κ3) is 5.06. The minimum absolute atomic E-state index is 0.0000455. The lowest BCUT2D eigenvalue weighted by Crippen LogP contribution is -2.30. The van der Waals surface area contributed by atoms with E-state index in [9.17, 15) is 26.4 Å². The van der Waals surface area contributed by atoms with Crippen LogP contribution in [-0.2, 0) is 31.3 Å². The summed E-state index contributed by atoms with van der Waals surface area (Å²) in [6.45, 7) is 1.79. The number of nitrogens with zero attached hydrogens (tertiary/aromatic N) is 1. The summed E-state index contributed by atoms with van der Waals surface area (Å²) in [6.07, 6.45) is 0.435. The fraction of sp³-hybridized carbons (Fsp3) is 0.263. The van der Waals surface area contributed by atoms with Crippen molar-refractivity contribution >= 4 is 49.1 Å². The van der Waals surface area contributed by atoms with Gasteiger partial charge in [0.1, 0.15) is 0 Å². The van der Waals surface area contributed by atoms with E-state index in [4.69, 9.17) is 16.7 Å². The van der Waals surface area contributed by atoms with E-state index < -0.39 is 37.8 Å². The first-order valence-corrected chi connectivity index (χ1v) is 12.7. The molecule has 0 spiro atoms. The number of benzene rings is 2. The van der Waals surface area contributed by atoms with Crippen LogP contribution in [0.1, 0.15) is 22.8 Å². The van der Waals surface area contributed by atoms with Gasteiger partial charge in [-0.05, 0) is 42.3 Å². The minimum atomic E-state index is -3.77. The van der Waals surface area contributed by atoms with E-state index >= 15 is 0 Å². The van der Waals surface area contributed by atoms with Crippen LogP contribution >= 0.6 is 11.6 Å². The van der Waals surface area contributed by atoms with Crippen molar-refractivity contribution in [2.75, 3.05) is 16.6 Å². The summed E-state index contributed by atoms with van der Waals surface area (Å²) >= 11 is 6.17. The van der Waals surface area contributed by atoms with Crippen molar-refractivity contribution in [3.05, 3.63) is 58.6 Å². The SMILES string of the molecule is C[C@H]1CS(=O)(=O)N(c2ccc(C(=O)NCCc3ccc(S(N)(=O)=O)cc3)c(Cl)c2)C1=O. The number of primary sulfonamides is 1. The van der Waals surface area contributed by atoms with E-state index in [0.29, 0.717) is 6.42 Å². The van der Waals surface area contributed by atoms with Gasteiger partial charge in [0, 0.05) is 6.54 Å². The minimum Gasteiger partial charge on any atom is -0.352 e. The lowest BCUT2D eigenvalue weighted by molar-refractivity contribution is -0.119. The second-order valence-electron chi connectivity index (χ2n) is 7.14. The number of rotatable bonds is 6. The maximum absolute atomic E-state index is 12.4. The number of anilines is 1. The number of amides is 2. The number of hydrogen-bond acceptors (Lipinski definition) is 6. The average Bonchev–Trinajstić information content (AvgIpc) is 2.88. The first kappa shape index (κ1) is 23.2. The second kappa shape index (κ2) is 8.58. The number of sulfonamides is 2. The monoisotopic (exact) mass is 485 g/mol. The highest BCUT2D eigenvalue weighted by molar-refractivity contribution is 7.94. The highest BCUT2D eigenvalue weighted by Crippen LogP contribution is 2.31. The Morgan fingerprint density at radius 1 is 1.23 bits per heavy atom. The summed E-state index contributed by atoms with van der Waals surface area (Å²) in [6, 6.07) is 9.97. The molecule has 0 radical (unpaired) electrons. The van der Waals surface area contributed by atoms with Crippen LogP contribution in [-0.4, -0.2) is 40.9 Å². The van der Waals surface area contributed by atoms with Crippen LogP contribution in [0, 0.1) is 5.92 Å². The Morgan fingerprint density at radius 2 is 1.87 bits per heavy atom. The molecule has 166 valence electrons. The third-order valence-electron chi connectivity index (χ3n) is 4.74. The standard InChI is InChI=1S/C19H20ClN3O6S2/c1-12-11-30(26,27)23(19(12)25)14-4-7-16(17(20)10-14)18(24)22-9-8-13-2-5-15(6-3-13)31(21,28)29/h2-7,10,12H,8-9,11H2,1H3,(H,22,24)(H2,21,28,29)/t12-/m0/s1. The van der Waals surface area contributed by atoms with Gasteiger partial charge in [-0.3, -0.25) is 9.59 Å². The zero-order chi connectivity index (χ0) is 23.0. The van der Waals surface area contributed by atoms with Crippen LogP contribution in [0.2, 0.25) is 5.02 Å². The van der Waals surface area contributed by atoms with Gasteiger partial charge in [-0.2, -0.15) is 0 Å². The van der Waals surface area contributed by atoms with Crippen molar-refractivity contribution in [2.45, 2.75) is 18.2 Å². The van der Waals surface area contributed by atoms with E-state index in [-0.39, 0.29) is 33.5 Å². The molecular weight excluding hydrogens is 466 g/mol. The summed E-state index contributed by atoms with van der Waals surface area (Å²) in [7, 11) is -7.53. The fourth-order valence-electron chi connectivity index (χ4n) is 3.16. The molecule has 2 amide bonds. The van der Waals surface area contributed by atoms with Crippen LogP contribution in [0.3, 0.4) is 0 Å². The molecule has 9 nitrogen and oxygen atoms in total. The second-order valence-corrected chi connectivity index (χ2v) is 11.0. The van der Waals surface area contributed by atoms with Crippen molar-refractivity contribution in [3.63, 3.8) is 0 Å². The van der Waals surface area contributed by atoms with Crippen molar-refractivity contribution in [1.82, 2.24) is 5.32 Å². The largest absolute Gasteiger partial charge is 0.352 e. The van der Waals surface area contributed by atoms with Crippen LogP contribution in [0.15, 0.2) is 47.4 Å². The summed E-state index contributed by atoms with van der Waals surface area (Å²) in [4.78, 5) is 24.6. The van der Waals surface area contributed by atoms with Crippen molar-refractivity contribution < 1.29 is 26.4 Å². The molecule has 12 heteroatoms. The van der Waals surface area contributed by atoms with Crippen molar-refractivity contribution in [3.8, 4) is 0 Å². The molecule has 0 aromatic heterocycles. The van der Waals surface area contributed by atoms with Crippen LogP contribution in [0.5, 0.6) is 0 Å². The number of hydrogen-bond donors (Lipinski definition) is 2. The molecule has 3 N–H and O–H groups in total. The Bertz CT molecular complexity index is 1240. The molecule has 0 saturated carbocycles. The lowest BCUT2D eigenvalue weighted by atomic mass is 10.1. The van der Waals surface area contributed by atoms with Gasteiger partial charge in [0.2, 0.25) is 26.0 Å². The Hall–Kier alpha value is -2.47. The van der Waals surface area contributed by atoms with E-state index in [1.165, 1.54) is 37.3 Å². The number of carbonyl (C=O) groups is 2. The predicted octanol–water partition coefficient (Wildman–Crippen LogP) is 1.27. The summed E-state index contributed by atoms with van der Waals surface area (Å²) in [5.74, 6) is -1.93. The zero-order valence-corrected chi connectivity index (χ0v) is 18.8. The molecule has 3 rings (SSSR count). The topological polar surface area (TPSA) is 144 Å². The van der Waals surface area contributed by atoms with Gasteiger partial charge in [0.25, 0.3) is 5.91 Å². The summed E-state index contributed by atoms with van der Waals surface area (Å²) < 4.78 is 47.7. The Balaban J connectivity index is 1.66. The molecule has 1 fully saturated rings. The molecule has 1 aliphatic rings. The van der Waals surface area contributed by atoms with Gasteiger partial charge in [0.05, 0.1) is 32.8 Å². The highest BCUT2D eigenvalue weighted by Gasteiger charge is 2.42. The molecule has 0 unspecified atom stereocenters. The molecule has 31 heavy (non-hydrogen) atoms. The Labute approximate surface area is 185 Å². The summed E-state index contributed by atoms with van der Waals surface area (Å²) in [5, 5.41) is 7.75. The molecule has 2 aromatic carbocycles. The van der Waals surface area contributed by atoms with E-state index in [2.05, 4.69) is 5.32 Å². The van der Waals surface area contributed by atoms with Gasteiger partial charge in [-0.15, -0.1) is 0 Å². The van der Waals surface area contributed by atoms with Crippen molar-refractivity contribution in [2.24, 2.45) is 11.1 Å². The molecule has 2 aromatic rings. The number of carbonyl (C=O) groups excluding carboxylic acids is 2. The molecule has 1 atom stereocenters. The van der Waals surface area contributed by atoms with Gasteiger partial charge in [-0.25, -0.2) is 26.3 Å². The smallest absolute Gasteiger partial charge is 0.252 e. The Morgan fingerprint density at radius 3 is 2.39 bits per heavy atom. The first-order chi connectivity index (χ1) is 14.4. The molecular formula is C19H20ClN3O6S2. The van der Waals surface area contributed by atoms with Crippen LogP contribution in [0.4, 0.5) is 5.69 Å². The first-order valence-electron chi connectivity index (χ1n) is 9.16. The molecule has 1 heterocycles. The van der Waals surface area contributed by atoms with E-state index in [0.717, 1.165) is 9.87 Å². The number of nitrogens with two attached hydrogens (primary N) is 1. The molecule has 0 bridgehead atoms. The highest BCUT2D eigenvalue weighted by atomic mass is 35.5. The van der Waals surface area contributed by atoms with Gasteiger partial charge >= 0.3 is 0 Å². The third-order valence-corrected chi connectivity index (χ3v) is 7.85. The van der Waals surface area contributed by atoms with Gasteiger partial charge < -0.3 is 5.32 Å². The fourth-order valence-corrected chi connectivity index (χ4v) is 5.75. The molecule has 1 saturated heterocycles. The van der Waals surface area contributed by atoms with Crippen molar-refractivity contribution in [1.29, 1.82) is 0 Å². The zero-order valence-electron chi connectivity index (χ0n) is 16.4. The van der Waals surface area contributed by atoms with E-state index in [1.54, 1.807) is 12.1 Å². The maximum Gasteiger partial charge on any atom is 0.252 e. The predicted molar refractivity (Wildman–Crippen MR) is 116 cm³/mol. The van der Waals surface area contributed by atoms with Gasteiger partial charge in [0.15, 0.2) is 0 Å². The van der Waals surface area contributed by atoms with E-state index in [1.807, 2.05) is 0 Å². The van der Waals surface area contributed by atoms with Crippen LogP contribution < -0.4 is 14.8 Å². The van der Waals surface area contributed by atoms with Gasteiger partial charge in [-0.1, -0.05) is 30.7 Å².